The smallest absolute Gasteiger partial charge is 0.469 e. The Balaban J connectivity index is 2.34. The highest BCUT2D eigenvalue weighted by Gasteiger charge is 2.46. The quantitative estimate of drug-likeness (QED) is 0.479. The maximum Gasteiger partial charge on any atom is 0.481 e. The van der Waals surface area contributed by atoms with Crippen molar-refractivity contribution >= 4 is 12.9 Å². The minimum Gasteiger partial charge on any atom is -0.469 e. The van der Waals surface area contributed by atoms with Crippen LogP contribution in [0.5, 0.6) is 0 Å². The van der Waals surface area contributed by atoms with Crippen LogP contribution >= 0.6 is 0 Å². The molecule has 0 radical (unpaired) electrons. The second-order valence-electron chi connectivity index (χ2n) is 3.08. The van der Waals surface area contributed by atoms with Gasteiger partial charge in [-0.25, -0.2) is 0 Å². The predicted octanol–water partition coefficient (Wildman–Crippen LogP) is 1.79. The minimum atomic E-state index is -4.75. The van der Waals surface area contributed by atoms with Crippen LogP contribution < -0.4 is 0 Å². The van der Waals surface area contributed by atoms with Crippen LogP contribution in [0.1, 0.15) is 12.8 Å². The Morgan fingerprint density at radius 1 is 1.42 bits per heavy atom. The van der Waals surface area contributed by atoms with Crippen molar-refractivity contribution in [1.29, 1.82) is 0 Å². The van der Waals surface area contributed by atoms with Gasteiger partial charge in [-0.2, -0.15) is 0 Å². The lowest BCUT2D eigenvalue weighted by atomic mass is 9.56. The second kappa shape index (κ2) is 2.99. The molecule has 0 unspecified atom stereocenters. The fourth-order valence-electron chi connectivity index (χ4n) is 1.33. The molecule has 0 aliphatic heterocycles. The summed E-state index contributed by atoms with van der Waals surface area (Å²) in [4.78, 5) is 10.7. The van der Waals surface area contributed by atoms with Crippen LogP contribution in [-0.2, 0) is 9.53 Å². The van der Waals surface area contributed by atoms with Gasteiger partial charge in [0.1, 0.15) is 0 Å². The third-order valence-corrected chi connectivity index (χ3v) is 2.24. The summed E-state index contributed by atoms with van der Waals surface area (Å²) in [5, 5.41) is 0. The Morgan fingerprint density at radius 3 is 2.25 bits per heavy atom. The standard InChI is InChI=1S/C6H9BF3O2/c1-12-6(11)4-2-5(3-4)7(8,9)10/h4-5H,2-3H2,1H3/q-1. The highest BCUT2D eigenvalue weighted by atomic mass is 19.4. The van der Waals surface area contributed by atoms with Crippen LogP contribution in [-0.4, -0.2) is 20.1 Å². The van der Waals surface area contributed by atoms with Crippen LogP contribution in [0.4, 0.5) is 12.9 Å². The number of hydrogen-bond donors (Lipinski definition) is 0. The monoisotopic (exact) mass is 181 g/mol. The zero-order valence-corrected chi connectivity index (χ0v) is 6.60. The number of carbonyl (C=O) groups is 1. The van der Waals surface area contributed by atoms with Crippen molar-refractivity contribution in [3.05, 3.63) is 0 Å². The van der Waals surface area contributed by atoms with E-state index in [1.165, 1.54) is 7.11 Å². The number of esters is 1. The van der Waals surface area contributed by atoms with E-state index in [0.717, 1.165) is 0 Å². The number of hydrogen-bond acceptors (Lipinski definition) is 2. The highest BCUT2D eigenvalue weighted by molar-refractivity contribution is 6.60. The van der Waals surface area contributed by atoms with Crippen LogP contribution in [0.15, 0.2) is 0 Å². The molecule has 0 aromatic carbocycles. The summed E-state index contributed by atoms with van der Waals surface area (Å²) < 4.78 is 40.2. The Bertz CT molecular complexity index is 186. The molecule has 0 aromatic heterocycles. The first kappa shape index (κ1) is 9.41. The molecule has 0 saturated heterocycles. The molecule has 1 aliphatic rings. The zero-order chi connectivity index (χ0) is 9.35. The second-order valence-corrected chi connectivity index (χ2v) is 3.08. The van der Waals surface area contributed by atoms with Crippen LogP contribution in [0.2, 0.25) is 5.82 Å². The Morgan fingerprint density at radius 2 is 1.92 bits per heavy atom. The number of methoxy groups -OCH3 is 1. The molecule has 1 saturated carbocycles. The molecule has 0 N–H and O–H groups in total. The van der Waals surface area contributed by atoms with E-state index in [1.54, 1.807) is 0 Å². The fourth-order valence-corrected chi connectivity index (χ4v) is 1.33. The Kier molecular flexibility index (Phi) is 2.35. The van der Waals surface area contributed by atoms with Gasteiger partial charge < -0.3 is 17.7 Å². The van der Waals surface area contributed by atoms with Gasteiger partial charge in [-0.1, -0.05) is 18.7 Å². The van der Waals surface area contributed by atoms with E-state index in [4.69, 9.17) is 0 Å². The van der Waals surface area contributed by atoms with Crippen molar-refractivity contribution in [3.8, 4) is 0 Å². The largest absolute Gasteiger partial charge is 0.481 e. The fraction of sp³-hybridized carbons (Fsp3) is 0.833. The summed E-state index contributed by atoms with van der Waals surface area (Å²) >= 11 is 0. The van der Waals surface area contributed by atoms with Crippen molar-refractivity contribution in [2.24, 2.45) is 5.92 Å². The first-order chi connectivity index (χ1) is 5.45. The topological polar surface area (TPSA) is 26.3 Å². The van der Waals surface area contributed by atoms with E-state index in [-0.39, 0.29) is 12.8 Å². The molecule has 12 heavy (non-hydrogen) atoms. The Labute approximate surface area is 68.1 Å². The van der Waals surface area contributed by atoms with E-state index in [9.17, 15) is 17.7 Å². The minimum absolute atomic E-state index is 0.0871. The van der Waals surface area contributed by atoms with Gasteiger partial charge >= 0.3 is 12.9 Å². The van der Waals surface area contributed by atoms with Crippen molar-refractivity contribution < 1.29 is 22.5 Å². The number of carbonyl (C=O) groups excluding carboxylic acids is 1. The number of rotatable bonds is 2. The maximum atomic E-state index is 12.0. The lowest BCUT2D eigenvalue weighted by molar-refractivity contribution is -0.148. The third kappa shape index (κ3) is 1.73. The van der Waals surface area contributed by atoms with Crippen molar-refractivity contribution in [2.45, 2.75) is 18.7 Å². The van der Waals surface area contributed by atoms with Gasteiger partial charge in [0.2, 0.25) is 0 Å². The van der Waals surface area contributed by atoms with Crippen molar-refractivity contribution in [3.63, 3.8) is 0 Å². The summed E-state index contributed by atoms with van der Waals surface area (Å²) in [5.74, 6) is -2.29. The molecule has 0 aromatic rings. The van der Waals surface area contributed by atoms with Crippen LogP contribution in [0, 0.1) is 5.92 Å². The molecule has 1 aliphatic carbocycles. The van der Waals surface area contributed by atoms with E-state index in [0.29, 0.717) is 0 Å². The van der Waals surface area contributed by atoms with Crippen molar-refractivity contribution in [2.75, 3.05) is 7.11 Å². The summed E-state index contributed by atoms with van der Waals surface area (Å²) in [6.07, 6.45) is -0.174. The summed E-state index contributed by atoms with van der Waals surface area (Å²) in [5.41, 5.74) is 0. The molecule has 2 nitrogen and oxygen atoms in total. The first-order valence-corrected chi connectivity index (χ1v) is 3.73. The van der Waals surface area contributed by atoms with E-state index in [2.05, 4.69) is 4.74 Å². The first-order valence-electron chi connectivity index (χ1n) is 3.73. The molecular formula is C6H9BF3O2-. The van der Waals surface area contributed by atoms with Crippen molar-refractivity contribution in [1.82, 2.24) is 0 Å². The normalized spacial score (nSPS) is 29.3. The summed E-state index contributed by atoms with van der Waals surface area (Å²) in [6, 6.07) is 0. The van der Waals surface area contributed by atoms with Gasteiger partial charge in [-0.05, 0) is 0 Å². The van der Waals surface area contributed by atoms with Crippen LogP contribution in [0.3, 0.4) is 0 Å². The molecular weight excluding hydrogens is 172 g/mol. The average Bonchev–Trinajstić information content (AvgIpc) is 1.80. The van der Waals surface area contributed by atoms with Gasteiger partial charge in [-0.3, -0.25) is 4.79 Å². The van der Waals surface area contributed by atoms with Gasteiger partial charge in [0, 0.05) is 0 Å². The Hall–Kier alpha value is -0.675. The number of ether oxygens (including phenoxy) is 1. The molecule has 0 bridgehead atoms. The van der Waals surface area contributed by atoms with E-state index >= 15 is 0 Å². The molecule has 70 valence electrons. The van der Waals surface area contributed by atoms with Gasteiger partial charge in [0.25, 0.3) is 0 Å². The van der Waals surface area contributed by atoms with E-state index < -0.39 is 24.7 Å². The SMILES string of the molecule is COC(=O)C1CC([B-](F)(F)F)C1. The van der Waals surface area contributed by atoms with Gasteiger partial charge in [0.15, 0.2) is 0 Å². The molecule has 0 heterocycles. The lowest BCUT2D eigenvalue weighted by Crippen LogP contribution is -2.38. The lowest BCUT2D eigenvalue weighted by Gasteiger charge is -2.39. The summed E-state index contributed by atoms with van der Waals surface area (Å²) in [7, 11) is 1.19. The predicted molar refractivity (Wildman–Crippen MR) is 37.6 cm³/mol. The maximum absolute atomic E-state index is 12.0. The van der Waals surface area contributed by atoms with Gasteiger partial charge in [-0.15, -0.1) is 0 Å². The number of halogens is 3. The van der Waals surface area contributed by atoms with Gasteiger partial charge in [0.05, 0.1) is 13.0 Å². The molecule has 0 atom stereocenters. The highest BCUT2D eigenvalue weighted by Crippen LogP contribution is 2.47. The average molecular weight is 181 g/mol. The molecule has 1 rings (SSSR count). The molecule has 6 heteroatoms. The summed E-state index contributed by atoms with van der Waals surface area (Å²) in [6.45, 7) is -4.75. The zero-order valence-electron chi connectivity index (χ0n) is 6.60. The molecule has 1 fully saturated rings. The molecule has 0 spiro atoms. The third-order valence-electron chi connectivity index (χ3n) is 2.24. The molecule has 0 amide bonds. The van der Waals surface area contributed by atoms with Crippen LogP contribution in [0.25, 0.3) is 0 Å². The van der Waals surface area contributed by atoms with E-state index in [1.807, 2.05) is 0 Å².